The lowest BCUT2D eigenvalue weighted by Gasteiger charge is -2.22. The van der Waals surface area contributed by atoms with Gasteiger partial charge in [0, 0.05) is 21.0 Å². The van der Waals surface area contributed by atoms with Gasteiger partial charge in [0.25, 0.3) is 0 Å². The Labute approximate surface area is 143 Å². The first-order chi connectivity index (χ1) is 10.8. The molecular weight excluding hydrogens is 350 g/mol. The number of aryl methyl sites for hydroxylation is 1. The van der Waals surface area contributed by atoms with Crippen molar-refractivity contribution in [3.05, 3.63) is 52.2 Å². The van der Waals surface area contributed by atoms with E-state index in [1.54, 1.807) is 19.1 Å². The third kappa shape index (κ3) is 3.49. The van der Waals surface area contributed by atoms with Gasteiger partial charge in [-0.25, -0.2) is 13.1 Å². The predicted molar refractivity (Wildman–Crippen MR) is 95.6 cm³/mol. The average molecular weight is 368 g/mol. The molecule has 122 valence electrons. The Hall–Kier alpha value is -1.25. The van der Waals surface area contributed by atoms with Crippen LogP contribution >= 0.6 is 22.7 Å². The molecule has 2 N–H and O–H groups in total. The maximum Gasteiger partial charge on any atom is 0.250 e. The van der Waals surface area contributed by atoms with Crippen LogP contribution in [-0.4, -0.2) is 20.1 Å². The molecule has 4 nitrogen and oxygen atoms in total. The van der Waals surface area contributed by atoms with Crippen LogP contribution in [0.5, 0.6) is 0 Å². The lowest BCUT2D eigenvalue weighted by molar-refractivity contribution is 0.0667. The summed E-state index contributed by atoms with van der Waals surface area (Å²) in [5.41, 5.74) is -1.26. The largest absolute Gasteiger partial charge is 0.383 e. The Kier molecular flexibility index (Phi) is 4.33. The second-order valence-electron chi connectivity index (χ2n) is 5.61. The van der Waals surface area contributed by atoms with Crippen molar-refractivity contribution in [3.63, 3.8) is 0 Å². The molecule has 2 aromatic heterocycles. The number of benzene rings is 1. The Morgan fingerprint density at radius 2 is 1.91 bits per heavy atom. The van der Waals surface area contributed by atoms with Gasteiger partial charge < -0.3 is 5.11 Å². The molecule has 3 aromatic rings. The van der Waals surface area contributed by atoms with Crippen molar-refractivity contribution in [1.29, 1.82) is 0 Å². The fraction of sp³-hybridized carbons (Fsp3) is 0.250. The van der Waals surface area contributed by atoms with Gasteiger partial charge in [-0.15, -0.1) is 22.7 Å². The molecule has 0 radical (unpaired) electrons. The van der Waals surface area contributed by atoms with Crippen LogP contribution in [0.2, 0.25) is 0 Å². The lowest BCUT2D eigenvalue weighted by atomic mass is 10.1. The first-order valence-corrected chi connectivity index (χ1v) is 10.2. The van der Waals surface area contributed by atoms with E-state index in [0.717, 1.165) is 19.8 Å². The summed E-state index contributed by atoms with van der Waals surface area (Å²) in [6.45, 7) is 3.41. The van der Waals surface area contributed by atoms with E-state index in [0.29, 0.717) is 0 Å². The van der Waals surface area contributed by atoms with Crippen LogP contribution < -0.4 is 4.72 Å². The monoisotopic (exact) mass is 367 g/mol. The Morgan fingerprint density at radius 3 is 2.57 bits per heavy atom. The van der Waals surface area contributed by atoms with Crippen LogP contribution in [0, 0.1) is 6.92 Å². The molecule has 0 aliphatic rings. The number of hydrogen-bond donors (Lipinski definition) is 2. The van der Waals surface area contributed by atoms with Gasteiger partial charge in [0.15, 0.2) is 0 Å². The van der Waals surface area contributed by atoms with Crippen LogP contribution in [0.15, 0.2) is 46.7 Å². The van der Waals surface area contributed by atoms with Crippen molar-refractivity contribution < 1.29 is 13.5 Å². The number of sulfonamides is 1. The van der Waals surface area contributed by atoms with Crippen molar-refractivity contribution >= 4 is 42.8 Å². The molecule has 7 heteroatoms. The van der Waals surface area contributed by atoms with Crippen LogP contribution in [0.3, 0.4) is 0 Å². The average Bonchev–Trinajstić information content (AvgIpc) is 3.12. The molecule has 0 unspecified atom stereocenters. The number of hydrogen-bond acceptors (Lipinski definition) is 5. The van der Waals surface area contributed by atoms with E-state index in [-0.39, 0.29) is 10.8 Å². The molecule has 23 heavy (non-hydrogen) atoms. The number of aliphatic hydroxyl groups is 1. The molecular formula is C16H17NO3S3. The predicted octanol–water partition coefficient (Wildman–Crippen LogP) is 3.46. The summed E-state index contributed by atoms with van der Waals surface area (Å²) in [6.07, 6.45) is 0. The minimum absolute atomic E-state index is 0.0703. The third-order valence-corrected chi connectivity index (χ3v) is 7.81. The van der Waals surface area contributed by atoms with Crippen molar-refractivity contribution in [2.45, 2.75) is 23.7 Å². The van der Waals surface area contributed by atoms with Gasteiger partial charge in [-0.3, -0.25) is 0 Å². The van der Waals surface area contributed by atoms with Crippen molar-refractivity contribution in [2.75, 3.05) is 6.54 Å². The number of rotatable bonds is 5. The van der Waals surface area contributed by atoms with Crippen LogP contribution in [0.4, 0.5) is 0 Å². The SMILES string of the molecule is Cc1ccc(S(=O)(=O)NC[C@@](C)(O)c2cc3ccccc3s2)s1. The highest BCUT2D eigenvalue weighted by atomic mass is 32.2. The summed E-state index contributed by atoms with van der Waals surface area (Å²) in [7, 11) is -3.60. The molecule has 0 saturated heterocycles. The fourth-order valence-corrected chi connectivity index (χ4v) is 5.76. The standard InChI is InChI=1S/C16H17NO3S3/c1-11-7-8-15(21-11)23(19,20)17-10-16(2,18)14-9-12-5-3-4-6-13(12)22-14/h3-9,17-18H,10H2,1-2H3/t16-/m1/s1. The molecule has 2 heterocycles. The number of fused-ring (bicyclic) bond motifs is 1. The smallest absolute Gasteiger partial charge is 0.250 e. The van der Waals surface area contributed by atoms with Gasteiger partial charge >= 0.3 is 0 Å². The Morgan fingerprint density at radius 1 is 1.17 bits per heavy atom. The highest BCUT2D eigenvalue weighted by molar-refractivity contribution is 7.91. The van der Waals surface area contributed by atoms with Crippen molar-refractivity contribution in [3.8, 4) is 0 Å². The Bertz CT molecular complexity index is 905. The highest BCUT2D eigenvalue weighted by Crippen LogP contribution is 2.33. The zero-order valence-corrected chi connectivity index (χ0v) is 15.2. The molecule has 0 bridgehead atoms. The molecule has 0 aliphatic heterocycles. The van der Waals surface area contributed by atoms with Gasteiger partial charge in [-0.1, -0.05) is 18.2 Å². The Balaban J connectivity index is 1.80. The van der Waals surface area contributed by atoms with E-state index in [1.165, 1.54) is 22.7 Å². The van der Waals surface area contributed by atoms with E-state index in [1.807, 2.05) is 37.3 Å². The second kappa shape index (κ2) is 5.99. The van der Waals surface area contributed by atoms with Crippen LogP contribution in [0.25, 0.3) is 10.1 Å². The molecule has 0 amide bonds. The maximum absolute atomic E-state index is 12.3. The third-order valence-electron chi connectivity index (χ3n) is 3.54. The summed E-state index contributed by atoms with van der Waals surface area (Å²) in [5, 5.41) is 11.7. The van der Waals surface area contributed by atoms with E-state index in [9.17, 15) is 13.5 Å². The van der Waals surface area contributed by atoms with Crippen molar-refractivity contribution in [2.24, 2.45) is 0 Å². The van der Waals surface area contributed by atoms with Crippen LogP contribution in [-0.2, 0) is 15.6 Å². The van der Waals surface area contributed by atoms with E-state index in [4.69, 9.17) is 0 Å². The minimum Gasteiger partial charge on any atom is -0.383 e. The molecule has 0 spiro atoms. The van der Waals surface area contributed by atoms with Gasteiger partial charge in [0.2, 0.25) is 10.0 Å². The van der Waals surface area contributed by atoms with Crippen molar-refractivity contribution in [1.82, 2.24) is 4.72 Å². The van der Waals surface area contributed by atoms with Crippen LogP contribution in [0.1, 0.15) is 16.7 Å². The molecule has 1 atom stereocenters. The summed E-state index contributed by atoms with van der Waals surface area (Å²) in [5.74, 6) is 0. The second-order valence-corrected chi connectivity index (χ2v) is 9.98. The number of thiophene rings is 2. The minimum atomic E-state index is -3.60. The van der Waals surface area contributed by atoms with Gasteiger partial charge in [0.1, 0.15) is 9.81 Å². The molecule has 0 aliphatic carbocycles. The maximum atomic E-state index is 12.3. The highest BCUT2D eigenvalue weighted by Gasteiger charge is 2.28. The van der Waals surface area contributed by atoms with E-state index < -0.39 is 15.6 Å². The molecule has 0 fully saturated rings. The fourth-order valence-electron chi connectivity index (χ4n) is 2.20. The van der Waals surface area contributed by atoms with E-state index in [2.05, 4.69) is 4.72 Å². The summed E-state index contributed by atoms with van der Waals surface area (Å²) in [6, 6.07) is 13.1. The summed E-state index contributed by atoms with van der Waals surface area (Å²) >= 11 is 2.69. The summed E-state index contributed by atoms with van der Waals surface area (Å²) in [4.78, 5) is 1.67. The first kappa shape index (κ1) is 16.6. The number of nitrogens with one attached hydrogen (secondary N) is 1. The van der Waals surface area contributed by atoms with Gasteiger partial charge in [0.05, 0.1) is 0 Å². The topological polar surface area (TPSA) is 66.4 Å². The molecule has 3 rings (SSSR count). The molecule has 0 saturated carbocycles. The zero-order valence-electron chi connectivity index (χ0n) is 12.7. The first-order valence-electron chi connectivity index (χ1n) is 7.05. The zero-order chi connectivity index (χ0) is 16.7. The summed E-state index contributed by atoms with van der Waals surface area (Å²) < 4.78 is 28.4. The van der Waals surface area contributed by atoms with Gasteiger partial charge in [-0.05, 0) is 43.5 Å². The quantitative estimate of drug-likeness (QED) is 0.726. The van der Waals surface area contributed by atoms with E-state index >= 15 is 0 Å². The lowest BCUT2D eigenvalue weighted by Crippen LogP contribution is -2.37. The van der Waals surface area contributed by atoms with Gasteiger partial charge in [-0.2, -0.15) is 0 Å². The molecule has 1 aromatic carbocycles. The normalized spacial score (nSPS) is 14.9.